The van der Waals surface area contributed by atoms with E-state index in [4.69, 9.17) is 10.5 Å². The first-order chi connectivity index (χ1) is 8.22. The van der Waals surface area contributed by atoms with Gasteiger partial charge in [-0.25, -0.2) is 0 Å². The van der Waals surface area contributed by atoms with E-state index < -0.39 is 0 Å². The van der Waals surface area contributed by atoms with Gasteiger partial charge in [-0.05, 0) is 51.4 Å². The van der Waals surface area contributed by atoms with Crippen LogP contribution in [0.1, 0.15) is 39.5 Å². The third-order valence-corrected chi connectivity index (χ3v) is 4.24. The third-order valence-electron chi connectivity index (χ3n) is 4.24. The molecule has 2 atom stereocenters. The predicted molar refractivity (Wildman–Crippen MR) is 71.0 cm³/mol. The smallest absolute Gasteiger partial charge is 0.0509 e. The van der Waals surface area contributed by atoms with Crippen LogP contribution >= 0.6 is 0 Å². The molecule has 0 bridgehead atoms. The summed E-state index contributed by atoms with van der Waals surface area (Å²) in [5.41, 5.74) is 6.04. The Hall–Kier alpha value is -0.120. The first-order valence-electron chi connectivity index (χ1n) is 7.26. The van der Waals surface area contributed by atoms with Crippen LogP contribution in [-0.4, -0.2) is 43.3 Å². The van der Waals surface area contributed by atoms with E-state index in [1.54, 1.807) is 0 Å². The van der Waals surface area contributed by atoms with Crippen LogP contribution in [0.15, 0.2) is 0 Å². The summed E-state index contributed by atoms with van der Waals surface area (Å²) in [6, 6.07) is 1.13. The minimum atomic E-state index is 0.524. The van der Waals surface area contributed by atoms with Crippen LogP contribution in [0, 0.1) is 11.8 Å². The fourth-order valence-corrected chi connectivity index (χ4v) is 3.00. The Bertz CT molecular complexity index is 222. The number of hydrogen-bond donors (Lipinski definition) is 1. The standard InChI is InChI=1S/C14H28N2O/c1-11(2)16(9-12-5-6-12)14(8-15)13-4-3-7-17-10-13/h11-14H,3-10,15H2,1-2H3. The molecule has 0 aromatic carbocycles. The van der Waals surface area contributed by atoms with Crippen molar-refractivity contribution in [2.45, 2.75) is 51.6 Å². The van der Waals surface area contributed by atoms with Crippen LogP contribution in [0.3, 0.4) is 0 Å². The van der Waals surface area contributed by atoms with Crippen molar-refractivity contribution < 1.29 is 4.74 Å². The lowest BCUT2D eigenvalue weighted by Crippen LogP contribution is -2.51. The van der Waals surface area contributed by atoms with E-state index in [1.165, 1.54) is 32.2 Å². The van der Waals surface area contributed by atoms with Crippen molar-refractivity contribution in [2.24, 2.45) is 17.6 Å². The van der Waals surface area contributed by atoms with Crippen LogP contribution in [0.4, 0.5) is 0 Å². The van der Waals surface area contributed by atoms with Crippen LogP contribution in [0.2, 0.25) is 0 Å². The second-order valence-corrected chi connectivity index (χ2v) is 6.01. The van der Waals surface area contributed by atoms with E-state index in [1.807, 2.05) is 0 Å². The lowest BCUT2D eigenvalue weighted by Gasteiger charge is -2.40. The minimum absolute atomic E-state index is 0.524. The Balaban J connectivity index is 1.95. The van der Waals surface area contributed by atoms with Gasteiger partial charge in [-0.3, -0.25) is 4.90 Å². The van der Waals surface area contributed by atoms with Gasteiger partial charge in [0.25, 0.3) is 0 Å². The number of hydrogen-bond acceptors (Lipinski definition) is 3. The highest BCUT2D eigenvalue weighted by atomic mass is 16.5. The van der Waals surface area contributed by atoms with Crippen molar-refractivity contribution in [3.63, 3.8) is 0 Å². The molecule has 0 aromatic rings. The highest BCUT2D eigenvalue weighted by Gasteiger charge is 2.33. The summed E-state index contributed by atoms with van der Waals surface area (Å²) in [6.45, 7) is 8.48. The fraction of sp³-hybridized carbons (Fsp3) is 1.00. The number of ether oxygens (including phenoxy) is 1. The third kappa shape index (κ3) is 3.67. The maximum absolute atomic E-state index is 6.04. The molecule has 1 heterocycles. The average molecular weight is 240 g/mol. The fourth-order valence-electron chi connectivity index (χ4n) is 3.00. The Morgan fingerprint density at radius 2 is 2.06 bits per heavy atom. The molecule has 0 spiro atoms. The van der Waals surface area contributed by atoms with Gasteiger partial charge in [-0.1, -0.05) is 0 Å². The first-order valence-corrected chi connectivity index (χ1v) is 7.26. The molecule has 17 heavy (non-hydrogen) atoms. The minimum Gasteiger partial charge on any atom is -0.381 e. The summed E-state index contributed by atoms with van der Waals surface area (Å²) < 4.78 is 5.63. The topological polar surface area (TPSA) is 38.5 Å². The van der Waals surface area contributed by atoms with E-state index in [-0.39, 0.29) is 0 Å². The molecule has 2 rings (SSSR count). The van der Waals surface area contributed by atoms with Gasteiger partial charge in [-0.15, -0.1) is 0 Å². The maximum Gasteiger partial charge on any atom is 0.0509 e. The van der Waals surface area contributed by atoms with Gasteiger partial charge in [-0.2, -0.15) is 0 Å². The van der Waals surface area contributed by atoms with Crippen molar-refractivity contribution in [1.29, 1.82) is 0 Å². The lowest BCUT2D eigenvalue weighted by atomic mass is 9.91. The number of rotatable bonds is 6. The van der Waals surface area contributed by atoms with Crippen molar-refractivity contribution >= 4 is 0 Å². The summed E-state index contributed by atoms with van der Waals surface area (Å²) in [5.74, 6) is 1.59. The molecule has 1 aliphatic carbocycles. The Morgan fingerprint density at radius 1 is 1.29 bits per heavy atom. The summed E-state index contributed by atoms with van der Waals surface area (Å²) in [6.07, 6.45) is 5.33. The molecule has 0 aromatic heterocycles. The SMILES string of the molecule is CC(C)N(CC1CC1)C(CN)C1CCCOC1. The van der Waals surface area contributed by atoms with Crippen molar-refractivity contribution in [3.05, 3.63) is 0 Å². The number of nitrogens with zero attached hydrogens (tertiary/aromatic N) is 1. The molecule has 1 saturated carbocycles. The van der Waals surface area contributed by atoms with Gasteiger partial charge in [0, 0.05) is 31.8 Å². The molecule has 1 saturated heterocycles. The average Bonchev–Trinajstić information content (AvgIpc) is 3.14. The zero-order chi connectivity index (χ0) is 12.3. The van der Waals surface area contributed by atoms with Crippen LogP contribution in [-0.2, 0) is 4.74 Å². The van der Waals surface area contributed by atoms with Gasteiger partial charge in [0.2, 0.25) is 0 Å². The van der Waals surface area contributed by atoms with Gasteiger partial charge in [0.15, 0.2) is 0 Å². The van der Waals surface area contributed by atoms with E-state index in [9.17, 15) is 0 Å². The molecule has 100 valence electrons. The largest absolute Gasteiger partial charge is 0.381 e. The highest BCUT2D eigenvalue weighted by Crippen LogP contribution is 2.32. The van der Waals surface area contributed by atoms with Crippen LogP contribution in [0.5, 0.6) is 0 Å². The molecular weight excluding hydrogens is 212 g/mol. The van der Waals surface area contributed by atoms with E-state index in [0.717, 1.165) is 25.7 Å². The molecule has 2 N–H and O–H groups in total. The molecule has 0 amide bonds. The van der Waals surface area contributed by atoms with Gasteiger partial charge >= 0.3 is 0 Å². The van der Waals surface area contributed by atoms with Crippen molar-refractivity contribution in [3.8, 4) is 0 Å². The van der Waals surface area contributed by atoms with E-state index >= 15 is 0 Å². The molecule has 3 heteroatoms. The van der Waals surface area contributed by atoms with E-state index in [0.29, 0.717) is 18.0 Å². The Labute approximate surface area is 106 Å². The van der Waals surface area contributed by atoms with Crippen molar-refractivity contribution in [1.82, 2.24) is 4.90 Å². The molecular formula is C14H28N2O. The summed E-state index contributed by atoms with van der Waals surface area (Å²) in [5, 5.41) is 0. The highest BCUT2D eigenvalue weighted by molar-refractivity contribution is 4.87. The monoisotopic (exact) mass is 240 g/mol. The van der Waals surface area contributed by atoms with Crippen molar-refractivity contribution in [2.75, 3.05) is 26.3 Å². The second kappa shape index (κ2) is 6.17. The molecule has 1 aliphatic heterocycles. The maximum atomic E-state index is 6.04. The summed E-state index contributed by atoms with van der Waals surface area (Å²) in [4.78, 5) is 2.64. The Kier molecular flexibility index (Phi) is 4.83. The quantitative estimate of drug-likeness (QED) is 0.770. The van der Waals surface area contributed by atoms with Gasteiger partial charge < -0.3 is 10.5 Å². The zero-order valence-corrected chi connectivity index (χ0v) is 11.4. The van der Waals surface area contributed by atoms with E-state index in [2.05, 4.69) is 18.7 Å². The zero-order valence-electron chi connectivity index (χ0n) is 11.4. The molecule has 2 unspecified atom stereocenters. The normalized spacial score (nSPS) is 27.7. The first kappa shape index (κ1) is 13.3. The molecule has 2 aliphatic rings. The Morgan fingerprint density at radius 3 is 2.53 bits per heavy atom. The van der Waals surface area contributed by atoms with Gasteiger partial charge in [0.1, 0.15) is 0 Å². The second-order valence-electron chi connectivity index (χ2n) is 6.01. The lowest BCUT2D eigenvalue weighted by molar-refractivity contribution is 0.00144. The number of nitrogens with two attached hydrogens (primary N) is 1. The summed E-state index contributed by atoms with van der Waals surface area (Å²) in [7, 11) is 0. The summed E-state index contributed by atoms with van der Waals surface area (Å²) >= 11 is 0. The molecule has 0 radical (unpaired) electrons. The van der Waals surface area contributed by atoms with Gasteiger partial charge in [0.05, 0.1) is 6.61 Å². The predicted octanol–water partition coefficient (Wildman–Crippen LogP) is 1.86. The van der Waals surface area contributed by atoms with Crippen LogP contribution < -0.4 is 5.73 Å². The molecule has 3 nitrogen and oxygen atoms in total. The van der Waals surface area contributed by atoms with Crippen LogP contribution in [0.25, 0.3) is 0 Å². The molecule has 2 fully saturated rings.